The monoisotopic (exact) mass is 293 g/mol. The maximum atomic E-state index is 12.0. The molecule has 0 radical (unpaired) electrons. The summed E-state index contributed by atoms with van der Waals surface area (Å²) in [7, 11) is 0. The van der Waals surface area contributed by atoms with Crippen molar-refractivity contribution in [3.63, 3.8) is 0 Å². The Bertz CT molecular complexity index is 614. The first-order valence-corrected chi connectivity index (χ1v) is 6.53. The fourth-order valence-electron chi connectivity index (χ4n) is 1.87. The van der Waals surface area contributed by atoms with Gasteiger partial charge in [0.25, 0.3) is 0 Å². The van der Waals surface area contributed by atoms with Crippen LogP contribution in [0.3, 0.4) is 0 Å². The van der Waals surface area contributed by atoms with E-state index in [0.29, 0.717) is 5.69 Å². The zero-order valence-electron chi connectivity index (χ0n) is 12.8. The van der Waals surface area contributed by atoms with E-state index in [0.717, 1.165) is 0 Å². The van der Waals surface area contributed by atoms with Crippen molar-refractivity contribution in [1.82, 2.24) is 15.1 Å². The summed E-state index contributed by atoms with van der Waals surface area (Å²) >= 11 is 0. The van der Waals surface area contributed by atoms with E-state index in [9.17, 15) is 14.9 Å². The summed E-state index contributed by atoms with van der Waals surface area (Å²) in [5.74, 6) is -0.477. The summed E-state index contributed by atoms with van der Waals surface area (Å²) in [6.07, 6.45) is 0. The topological polar surface area (TPSA) is 114 Å². The van der Waals surface area contributed by atoms with Gasteiger partial charge in [0.05, 0.1) is 11.0 Å². The first kappa shape index (κ1) is 16.6. The molecule has 0 bridgehead atoms. The smallest absolute Gasteiger partial charge is 0.312 e. The van der Waals surface area contributed by atoms with Crippen LogP contribution in [0.15, 0.2) is 0 Å². The van der Waals surface area contributed by atoms with Gasteiger partial charge in [-0.15, -0.1) is 0 Å². The molecule has 0 aliphatic carbocycles. The number of nitro groups is 1. The van der Waals surface area contributed by atoms with Crippen LogP contribution in [0.2, 0.25) is 0 Å². The summed E-state index contributed by atoms with van der Waals surface area (Å²) in [6, 6.07) is 2.07. The van der Waals surface area contributed by atoms with Crippen LogP contribution in [0.1, 0.15) is 32.2 Å². The standard InChI is InChI=1S/C13H19N5O3/c1-8(2)13(5,7-14)15-11(19)6-17-10(4)12(18(20)21)9(3)16-17/h8H,6H2,1-5H3,(H,15,19). The van der Waals surface area contributed by atoms with E-state index in [1.807, 2.05) is 13.8 Å². The average Bonchev–Trinajstić information content (AvgIpc) is 2.63. The van der Waals surface area contributed by atoms with Gasteiger partial charge in [0.15, 0.2) is 0 Å². The molecule has 0 spiro atoms. The number of hydrogen-bond donors (Lipinski definition) is 1. The molecule has 8 nitrogen and oxygen atoms in total. The summed E-state index contributed by atoms with van der Waals surface area (Å²) < 4.78 is 1.28. The Hall–Kier alpha value is -2.43. The molecule has 0 saturated carbocycles. The Labute approximate surface area is 122 Å². The third-order valence-electron chi connectivity index (χ3n) is 3.61. The summed E-state index contributed by atoms with van der Waals surface area (Å²) in [4.78, 5) is 22.4. The van der Waals surface area contributed by atoms with Crippen LogP contribution in [-0.4, -0.2) is 26.1 Å². The highest BCUT2D eigenvalue weighted by atomic mass is 16.6. The van der Waals surface area contributed by atoms with E-state index in [2.05, 4.69) is 16.5 Å². The number of nitrogens with zero attached hydrogens (tertiary/aromatic N) is 4. The van der Waals surface area contributed by atoms with Gasteiger partial charge in [-0.05, 0) is 26.7 Å². The Kier molecular flexibility index (Phi) is 4.68. The second-order valence-electron chi connectivity index (χ2n) is 5.45. The van der Waals surface area contributed by atoms with Gasteiger partial charge in [-0.2, -0.15) is 10.4 Å². The van der Waals surface area contributed by atoms with Crippen molar-refractivity contribution < 1.29 is 9.72 Å². The van der Waals surface area contributed by atoms with E-state index >= 15 is 0 Å². The predicted octanol–water partition coefficient (Wildman–Crippen LogP) is 1.46. The minimum atomic E-state index is -0.987. The number of nitriles is 1. The molecule has 0 saturated heterocycles. The van der Waals surface area contributed by atoms with Crippen molar-refractivity contribution in [3.8, 4) is 6.07 Å². The van der Waals surface area contributed by atoms with Crippen LogP contribution in [0.4, 0.5) is 5.69 Å². The molecule has 1 unspecified atom stereocenters. The minimum Gasteiger partial charge on any atom is -0.336 e. The van der Waals surface area contributed by atoms with Gasteiger partial charge in [0, 0.05) is 0 Å². The molecule has 1 aromatic heterocycles. The quantitative estimate of drug-likeness (QED) is 0.652. The van der Waals surface area contributed by atoms with Crippen LogP contribution in [-0.2, 0) is 11.3 Å². The number of rotatable bonds is 5. The third-order valence-corrected chi connectivity index (χ3v) is 3.61. The second-order valence-corrected chi connectivity index (χ2v) is 5.45. The molecule has 1 heterocycles. The van der Waals surface area contributed by atoms with E-state index in [1.165, 1.54) is 18.5 Å². The Morgan fingerprint density at radius 3 is 2.52 bits per heavy atom. The van der Waals surface area contributed by atoms with E-state index in [4.69, 9.17) is 5.26 Å². The number of hydrogen-bond acceptors (Lipinski definition) is 5. The number of aromatic nitrogens is 2. The van der Waals surface area contributed by atoms with Gasteiger partial charge in [0.1, 0.15) is 23.5 Å². The molecule has 0 fully saturated rings. The summed E-state index contributed by atoms with van der Waals surface area (Å²) in [6.45, 7) is 8.20. The van der Waals surface area contributed by atoms with E-state index in [1.54, 1.807) is 6.92 Å². The van der Waals surface area contributed by atoms with Crippen molar-refractivity contribution in [2.45, 2.75) is 46.7 Å². The lowest BCUT2D eigenvalue weighted by Crippen LogP contribution is -2.49. The molecule has 1 aromatic rings. The Morgan fingerprint density at radius 1 is 1.57 bits per heavy atom. The van der Waals surface area contributed by atoms with Gasteiger partial charge in [-0.1, -0.05) is 13.8 Å². The van der Waals surface area contributed by atoms with Crippen molar-refractivity contribution in [2.24, 2.45) is 5.92 Å². The van der Waals surface area contributed by atoms with Crippen molar-refractivity contribution in [1.29, 1.82) is 5.26 Å². The lowest BCUT2D eigenvalue weighted by Gasteiger charge is -2.27. The first-order chi connectivity index (χ1) is 9.62. The fourth-order valence-corrected chi connectivity index (χ4v) is 1.87. The lowest BCUT2D eigenvalue weighted by atomic mass is 9.90. The van der Waals surface area contributed by atoms with Gasteiger partial charge >= 0.3 is 5.69 Å². The number of carbonyl (C=O) groups is 1. The Morgan fingerprint density at radius 2 is 2.14 bits per heavy atom. The lowest BCUT2D eigenvalue weighted by molar-refractivity contribution is -0.386. The first-order valence-electron chi connectivity index (χ1n) is 6.53. The number of amides is 1. The Balaban J connectivity index is 2.93. The molecular weight excluding hydrogens is 274 g/mol. The number of aryl methyl sites for hydroxylation is 1. The predicted molar refractivity (Wildman–Crippen MR) is 75.4 cm³/mol. The zero-order chi connectivity index (χ0) is 16.4. The third kappa shape index (κ3) is 3.37. The summed E-state index contributed by atoms with van der Waals surface area (Å²) in [5.41, 5.74) is -0.498. The zero-order valence-corrected chi connectivity index (χ0v) is 12.8. The highest BCUT2D eigenvalue weighted by Gasteiger charge is 2.31. The second kappa shape index (κ2) is 5.91. The van der Waals surface area contributed by atoms with Crippen LogP contribution < -0.4 is 5.32 Å². The molecule has 0 aromatic carbocycles. The minimum absolute atomic E-state index is 0.0683. The van der Waals surface area contributed by atoms with Gasteiger partial charge in [-0.25, -0.2) is 0 Å². The van der Waals surface area contributed by atoms with Crippen molar-refractivity contribution in [2.75, 3.05) is 0 Å². The number of carbonyl (C=O) groups excluding carboxylic acids is 1. The highest BCUT2D eigenvalue weighted by Crippen LogP contribution is 2.22. The van der Waals surface area contributed by atoms with Crippen LogP contribution in [0, 0.1) is 41.2 Å². The average molecular weight is 293 g/mol. The van der Waals surface area contributed by atoms with Gasteiger partial charge in [-0.3, -0.25) is 19.6 Å². The molecule has 1 amide bonds. The number of nitrogens with one attached hydrogen (secondary N) is 1. The normalized spacial score (nSPS) is 13.6. The molecule has 114 valence electrons. The van der Waals surface area contributed by atoms with Crippen molar-refractivity contribution >= 4 is 11.6 Å². The molecule has 0 aliphatic heterocycles. The molecule has 8 heteroatoms. The van der Waals surface area contributed by atoms with Crippen molar-refractivity contribution in [3.05, 3.63) is 21.5 Å². The van der Waals surface area contributed by atoms with E-state index < -0.39 is 16.4 Å². The molecule has 0 aliphatic rings. The molecule has 21 heavy (non-hydrogen) atoms. The van der Waals surface area contributed by atoms with E-state index in [-0.39, 0.29) is 23.8 Å². The van der Waals surface area contributed by atoms with Crippen LogP contribution in [0.5, 0.6) is 0 Å². The van der Waals surface area contributed by atoms with Gasteiger partial charge in [0.2, 0.25) is 5.91 Å². The molecule has 1 rings (SSSR count). The highest BCUT2D eigenvalue weighted by molar-refractivity contribution is 5.77. The fraction of sp³-hybridized carbons (Fsp3) is 0.615. The van der Waals surface area contributed by atoms with Crippen LogP contribution in [0.25, 0.3) is 0 Å². The SMILES string of the molecule is Cc1nn(CC(=O)NC(C)(C#N)C(C)C)c(C)c1[N+](=O)[O-]. The molecule has 1 N–H and O–H groups in total. The molecular formula is C13H19N5O3. The van der Waals surface area contributed by atoms with Gasteiger partial charge < -0.3 is 5.32 Å². The van der Waals surface area contributed by atoms with Crippen LogP contribution >= 0.6 is 0 Å². The largest absolute Gasteiger partial charge is 0.336 e. The maximum Gasteiger partial charge on any atom is 0.312 e. The molecule has 1 atom stereocenters. The maximum absolute atomic E-state index is 12.0. The summed E-state index contributed by atoms with van der Waals surface area (Å²) in [5, 5.41) is 26.7.